The maximum absolute atomic E-state index is 13.4. The van der Waals surface area contributed by atoms with Crippen molar-refractivity contribution in [3.05, 3.63) is 94.7 Å². The van der Waals surface area contributed by atoms with Gasteiger partial charge in [0.05, 0.1) is 6.04 Å². The predicted octanol–water partition coefficient (Wildman–Crippen LogP) is 5.12. The Morgan fingerprint density at radius 1 is 1.03 bits per heavy atom. The Morgan fingerprint density at radius 3 is 2.54 bits per heavy atom. The van der Waals surface area contributed by atoms with Crippen molar-refractivity contribution >= 4 is 5.91 Å². The molecule has 178 valence electrons. The number of aromatic amines is 1. The molecule has 0 aliphatic carbocycles. The fraction of sp³-hybridized carbons (Fsp3) is 0.214. The van der Waals surface area contributed by atoms with Crippen LogP contribution in [0.4, 0.5) is 0 Å². The summed E-state index contributed by atoms with van der Waals surface area (Å²) in [6, 6.07) is 20.4. The van der Waals surface area contributed by atoms with Gasteiger partial charge >= 0.3 is 0 Å². The maximum atomic E-state index is 13.4. The molecule has 7 nitrogen and oxygen atoms in total. The lowest BCUT2D eigenvalue weighted by Gasteiger charge is -2.26. The summed E-state index contributed by atoms with van der Waals surface area (Å²) in [7, 11) is 0. The Kier molecular flexibility index (Phi) is 6.01. The average Bonchev–Trinajstić information content (AvgIpc) is 3.37. The molecule has 0 fully saturated rings. The third kappa shape index (κ3) is 4.15. The third-order valence-electron chi connectivity index (χ3n) is 6.27. The molecule has 0 saturated carbocycles. The van der Waals surface area contributed by atoms with Crippen LogP contribution >= 0.6 is 0 Å². The van der Waals surface area contributed by atoms with Gasteiger partial charge in [0.15, 0.2) is 0 Å². The van der Waals surface area contributed by atoms with E-state index in [0.29, 0.717) is 47.0 Å². The first-order valence-electron chi connectivity index (χ1n) is 11.6. The van der Waals surface area contributed by atoms with Crippen molar-refractivity contribution in [2.75, 3.05) is 13.2 Å². The van der Waals surface area contributed by atoms with Gasteiger partial charge in [-0.2, -0.15) is 5.10 Å². The number of carbonyl (C=O) groups is 1. The number of H-pyrrole nitrogens is 1. The van der Waals surface area contributed by atoms with Crippen LogP contribution < -0.4 is 4.74 Å². The Balaban J connectivity index is 1.63. The minimum Gasteiger partial charge on any atom is -0.507 e. The summed E-state index contributed by atoms with van der Waals surface area (Å²) in [6.45, 7) is 4.20. The minimum absolute atomic E-state index is 0.0233. The zero-order valence-electron chi connectivity index (χ0n) is 19.7. The molecular formula is C28H27N3O4. The van der Waals surface area contributed by atoms with Gasteiger partial charge in [-0.1, -0.05) is 36.4 Å². The van der Waals surface area contributed by atoms with E-state index in [1.54, 1.807) is 11.0 Å². The number of aryl methyl sites for hydroxylation is 2. The molecule has 0 radical (unpaired) electrons. The summed E-state index contributed by atoms with van der Waals surface area (Å²) in [4.78, 5) is 15.2. The van der Waals surface area contributed by atoms with E-state index < -0.39 is 6.04 Å². The number of nitrogens with zero attached hydrogens (tertiary/aromatic N) is 2. The van der Waals surface area contributed by atoms with Crippen molar-refractivity contribution in [3.63, 3.8) is 0 Å². The number of hydrogen-bond donors (Lipinski definition) is 3. The second-order valence-corrected chi connectivity index (χ2v) is 8.80. The van der Waals surface area contributed by atoms with E-state index in [9.17, 15) is 15.0 Å². The molecule has 1 aliphatic heterocycles. The molecule has 0 bridgehead atoms. The molecule has 7 heteroatoms. The van der Waals surface area contributed by atoms with E-state index in [4.69, 9.17) is 4.74 Å². The van der Waals surface area contributed by atoms with Crippen molar-refractivity contribution in [1.29, 1.82) is 0 Å². The Labute approximate surface area is 203 Å². The van der Waals surface area contributed by atoms with Crippen LogP contribution in [0.25, 0.3) is 11.3 Å². The highest BCUT2D eigenvalue weighted by molar-refractivity contribution is 6.00. The number of aromatic hydroxyl groups is 1. The summed E-state index contributed by atoms with van der Waals surface area (Å²) < 4.78 is 6.05. The molecular weight excluding hydrogens is 442 g/mol. The predicted molar refractivity (Wildman–Crippen MR) is 133 cm³/mol. The van der Waals surface area contributed by atoms with Crippen LogP contribution in [0.1, 0.15) is 45.2 Å². The van der Waals surface area contributed by atoms with Crippen LogP contribution in [0.5, 0.6) is 17.2 Å². The van der Waals surface area contributed by atoms with Gasteiger partial charge < -0.3 is 19.8 Å². The van der Waals surface area contributed by atoms with E-state index >= 15 is 0 Å². The number of fused-ring (bicyclic) bond motifs is 1. The fourth-order valence-corrected chi connectivity index (χ4v) is 4.83. The summed E-state index contributed by atoms with van der Waals surface area (Å²) in [5.41, 5.74) is 4.94. The molecule has 35 heavy (non-hydrogen) atoms. The lowest BCUT2D eigenvalue weighted by atomic mass is 9.93. The molecule has 0 saturated heterocycles. The monoisotopic (exact) mass is 469 g/mol. The van der Waals surface area contributed by atoms with Crippen LogP contribution in [-0.4, -0.2) is 44.4 Å². The van der Waals surface area contributed by atoms with Crippen LogP contribution in [0, 0.1) is 13.8 Å². The highest BCUT2D eigenvalue weighted by Gasteiger charge is 2.42. The van der Waals surface area contributed by atoms with Gasteiger partial charge in [0.2, 0.25) is 0 Å². The zero-order valence-corrected chi connectivity index (χ0v) is 19.7. The normalized spacial score (nSPS) is 14.9. The molecule has 1 atom stereocenters. The van der Waals surface area contributed by atoms with Gasteiger partial charge in [-0.3, -0.25) is 9.89 Å². The largest absolute Gasteiger partial charge is 0.507 e. The quantitative estimate of drug-likeness (QED) is 0.349. The van der Waals surface area contributed by atoms with Gasteiger partial charge in [-0.05, 0) is 67.3 Å². The lowest BCUT2D eigenvalue weighted by Crippen LogP contribution is -2.31. The lowest BCUT2D eigenvalue weighted by molar-refractivity contribution is 0.0732. The second-order valence-electron chi connectivity index (χ2n) is 8.80. The van der Waals surface area contributed by atoms with Crippen molar-refractivity contribution < 1.29 is 19.7 Å². The summed E-state index contributed by atoms with van der Waals surface area (Å²) in [5.74, 6) is 1.30. The number of rotatable bonds is 7. The molecule has 2 heterocycles. The SMILES string of the molecule is Cc1cc(C)c(-c2n[nH]c3c2C(c2cccc(Oc4ccccc4)c2)N(CCCO)C3=O)c(O)c1. The molecule has 3 aromatic carbocycles. The number of phenols is 1. The molecule has 1 aromatic heterocycles. The maximum Gasteiger partial charge on any atom is 0.273 e. The highest BCUT2D eigenvalue weighted by Crippen LogP contribution is 2.46. The van der Waals surface area contributed by atoms with Gasteiger partial charge in [0.25, 0.3) is 5.91 Å². The van der Waals surface area contributed by atoms with E-state index in [2.05, 4.69) is 10.2 Å². The van der Waals surface area contributed by atoms with E-state index in [1.165, 1.54) is 0 Å². The number of hydrogen-bond acceptors (Lipinski definition) is 5. The number of carbonyl (C=O) groups excluding carboxylic acids is 1. The summed E-state index contributed by atoms with van der Waals surface area (Å²) in [5, 5.41) is 27.7. The number of aromatic nitrogens is 2. The standard InChI is InChI=1S/C28H27N3O4/c1-17-14-18(2)23(22(33)15-17)25-24-26(30-29-25)28(34)31(12-7-13-32)27(24)19-8-6-11-21(16-19)35-20-9-4-3-5-10-20/h3-6,8-11,14-16,27,32-33H,7,12-13H2,1-2H3,(H,29,30). The van der Waals surface area contributed by atoms with Crippen molar-refractivity contribution in [1.82, 2.24) is 15.1 Å². The van der Waals surface area contributed by atoms with Gasteiger partial charge in [0, 0.05) is 24.3 Å². The second kappa shape index (κ2) is 9.27. The van der Waals surface area contributed by atoms with Crippen LogP contribution in [0.3, 0.4) is 0 Å². The molecule has 1 aliphatic rings. The van der Waals surface area contributed by atoms with Crippen molar-refractivity contribution in [3.8, 4) is 28.5 Å². The molecule has 4 aromatic rings. The van der Waals surface area contributed by atoms with Gasteiger partial charge in [0.1, 0.15) is 28.6 Å². The number of benzene rings is 3. The van der Waals surface area contributed by atoms with Crippen LogP contribution in [0.15, 0.2) is 66.7 Å². The topological polar surface area (TPSA) is 98.7 Å². The van der Waals surface area contributed by atoms with E-state index in [-0.39, 0.29) is 18.3 Å². The number of aliphatic hydroxyl groups is 1. The summed E-state index contributed by atoms with van der Waals surface area (Å²) >= 11 is 0. The van der Waals surface area contributed by atoms with E-state index in [1.807, 2.05) is 74.5 Å². The Morgan fingerprint density at radius 2 is 1.80 bits per heavy atom. The van der Waals surface area contributed by atoms with E-state index in [0.717, 1.165) is 16.7 Å². The number of phenolic OH excluding ortho intramolecular Hbond substituents is 1. The van der Waals surface area contributed by atoms with Crippen LogP contribution in [-0.2, 0) is 0 Å². The molecule has 0 spiro atoms. The first-order chi connectivity index (χ1) is 17.0. The first kappa shape index (κ1) is 22.7. The van der Waals surface area contributed by atoms with Gasteiger partial charge in [-0.15, -0.1) is 0 Å². The average molecular weight is 470 g/mol. The number of aliphatic hydroxyl groups excluding tert-OH is 1. The Bertz CT molecular complexity index is 1360. The van der Waals surface area contributed by atoms with Gasteiger partial charge in [-0.25, -0.2) is 0 Å². The summed E-state index contributed by atoms with van der Waals surface area (Å²) in [6.07, 6.45) is 0.449. The number of ether oxygens (including phenoxy) is 1. The minimum atomic E-state index is -0.447. The first-order valence-corrected chi connectivity index (χ1v) is 11.6. The third-order valence-corrected chi connectivity index (χ3v) is 6.27. The zero-order chi connectivity index (χ0) is 24.5. The highest BCUT2D eigenvalue weighted by atomic mass is 16.5. The van der Waals surface area contributed by atoms with Crippen LogP contribution in [0.2, 0.25) is 0 Å². The van der Waals surface area contributed by atoms with Crippen molar-refractivity contribution in [2.45, 2.75) is 26.3 Å². The molecule has 1 unspecified atom stereocenters. The fourth-order valence-electron chi connectivity index (χ4n) is 4.83. The smallest absolute Gasteiger partial charge is 0.273 e. The number of amides is 1. The molecule has 3 N–H and O–H groups in total. The van der Waals surface area contributed by atoms with Crippen molar-refractivity contribution in [2.24, 2.45) is 0 Å². The Hall–Kier alpha value is -4.10. The number of para-hydroxylation sites is 1. The molecule has 5 rings (SSSR count). The molecule has 1 amide bonds. The number of nitrogens with one attached hydrogen (secondary N) is 1.